The Labute approximate surface area is 202 Å². The van der Waals surface area contributed by atoms with Gasteiger partial charge in [0.25, 0.3) is 0 Å². The summed E-state index contributed by atoms with van der Waals surface area (Å²) in [5.41, 5.74) is 1.85. The standard InChI is InChI=1S/C25H19F4N3O4/c1-14(31-24(33)25(27,28)29)23(15-2-9-21-22(11-15)35-13-34-21)36-19-7-8-20-16(10-19)12-30-32(20)18-5-3-17(26)4-6-18/h2-12,14,23H,13H2,1H3,(H,31,33)/t14-,23-/m0/s1. The second kappa shape index (κ2) is 9.06. The molecule has 36 heavy (non-hydrogen) atoms. The molecule has 1 aliphatic heterocycles. The van der Waals surface area contributed by atoms with Crippen LogP contribution in [0.4, 0.5) is 17.6 Å². The van der Waals surface area contributed by atoms with Crippen LogP contribution in [0.1, 0.15) is 18.6 Å². The molecule has 0 saturated carbocycles. The summed E-state index contributed by atoms with van der Waals surface area (Å²) in [6.07, 6.45) is -4.44. The molecule has 186 valence electrons. The van der Waals surface area contributed by atoms with Crippen molar-refractivity contribution in [2.75, 3.05) is 6.79 Å². The lowest BCUT2D eigenvalue weighted by atomic mass is 10.0. The van der Waals surface area contributed by atoms with Crippen molar-refractivity contribution in [1.29, 1.82) is 0 Å². The van der Waals surface area contributed by atoms with Gasteiger partial charge in [-0.1, -0.05) is 6.07 Å². The Balaban J connectivity index is 1.46. The predicted molar refractivity (Wildman–Crippen MR) is 121 cm³/mol. The molecule has 1 amide bonds. The molecule has 0 unspecified atom stereocenters. The molecule has 0 spiro atoms. The summed E-state index contributed by atoms with van der Waals surface area (Å²) in [4.78, 5) is 11.6. The van der Waals surface area contributed by atoms with Crippen molar-refractivity contribution < 1.29 is 36.6 Å². The fraction of sp³-hybridized carbons (Fsp3) is 0.200. The van der Waals surface area contributed by atoms with Crippen molar-refractivity contribution in [2.24, 2.45) is 0 Å². The third-order valence-corrected chi connectivity index (χ3v) is 5.67. The van der Waals surface area contributed by atoms with E-state index in [-0.39, 0.29) is 12.6 Å². The minimum Gasteiger partial charge on any atom is -0.484 e. The minimum absolute atomic E-state index is 0.0272. The lowest BCUT2D eigenvalue weighted by Crippen LogP contribution is -2.45. The number of halogens is 4. The van der Waals surface area contributed by atoms with Crippen LogP contribution >= 0.6 is 0 Å². The van der Waals surface area contributed by atoms with Crippen molar-refractivity contribution in [2.45, 2.75) is 25.2 Å². The molecule has 5 rings (SSSR count). The molecule has 1 aromatic heterocycles. The van der Waals surface area contributed by atoms with E-state index in [4.69, 9.17) is 14.2 Å². The third-order valence-electron chi connectivity index (χ3n) is 5.67. The second-order valence-corrected chi connectivity index (χ2v) is 8.16. The van der Waals surface area contributed by atoms with Crippen LogP contribution in [0.2, 0.25) is 0 Å². The molecular formula is C25H19F4N3O4. The number of amides is 1. The molecule has 0 bridgehead atoms. The maximum Gasteiger partial charge on any atom is 0.471 e. The number of carbonyl (C=O) groups excluding carboxylic acids is 1. The zero-order valence-corrected chi connectivity index (χ0v) is 18.8. The Kier molecular flexibility index (Phi) is 5.91. The van der Waals surface area contributed by atoms with Crippen molar-refractivity contribution in [3.05, 3.63) is 78.2 Å². The number of carbonyl (C=O) groups is 1. The molecule has 2 atom stereocenters. The number of fused-ring (bicyclic) bond motifs is 2. The summed E-state index contributed by atoms with van der Waals surface area (Å²) in [7, 11) is 0. The summed E-state index contributed by atoms with van der Waals surface area (Å²) in [5, 5.41) is 6.99. The fourth-order valence-electron chi connectivity index (χ4n) is 3.93. The molecule has 0 saturated heterocycles. The van der Waals surface area contributed by atoms with Crippen molar-refractivity contribution in [1.82, 2.24) is 15.1 Å². The van der Waals surface area contributed by atoms with Crippen LogP contribution in [0.15, 0.2) is 66.9 Å². The lowest BCUT2D eigenvalue weighted by Gasteiger charge is -2.27. The number of nitrogens with zero attached hydrogens (tertiary/aromatic N) is 2. The predicted octanol–water partition coefficient (Wildman–Crippen LogP) is 5.08. The zero-order chi connectivity index (χ0) is 25.4. The Morgan fingerprint density at radius 1 is 1.06 bits per heavy atom. The number of ether oxygens (including phenoxy) is 3. The summed E-state index contributed by atoms with van der Waals surface area (Å²) in [5.74, 6) is -1.17. The van der Waals surface area contributed by atoms with E-state index in [1.54, 1.807) is 59.4 Å². The Morgan fingerprint density at radius 3 is 2.56 bits per heavy atom. The zero-order valence-electron chi connectivity index (χ0n) is 18.8. The number of aromatic nitrogens is 2. The molecule has 11 heteroatoms. The topological polar surface area (TPSA) is 74.6 Å². The van der Waals surface area contributed by atoms with Crippen LogP contribution in [0.25, 0.3) is 16.6 Å². The van der Waals surface area contributed by atoms with Crippen LogP contribution in [-0.2, 0) is 4.79 Å². The van der Waals surface area contributed by atoms with Gasteiger partial charge in [0.15, 0.2) is 11.5 Å². The van der Waals surface area contributed by atoms with Gasteiger partial charge in [-0.2, -0.15) is 18.3 Å². The number of benzene rings is 3. The van der Waals surface area contributed by atoms with Crippen LogP contribution < -0.4 is 19.5 Å². The third kappa shape index (κ3) is 4.64. The van der Waals surface area contributed by atoms with Gasteiger partial charge in [0.05, 0.1) is 23.4 Å². The first-order valence-corrected chi connectivity index (χ1v) is 10.9. The molecule has 3 aromatic carbocycles. The highest BCUT2D eigenvalue weighted by Gasteiger charge is 2.40. The minimum atomic E-state index is -5.04. The summed E-state index contributed by atoms with van der Waals surface area (Å²) < 4.78 is 70.4. The monoisotopic (exact) mass is 501 g/mol. The van der Waals surface area contributed by atoms with Gasteiger partial charge in [-0.25, -0.2) is 9.07 Å². The largest absolute Gasteiger partial charge is 0.484 e. The normalized spacial score (nSPS) is 14.5. The molecule has 0 radical (unpaired) electrons. The average molecular weight is 501 g/mol. The van der Waals surface area contributed by atoms with Gasteiger partial charge < -0.3 is 19.5 Å². The lowest BCUT2D eigenvalue weighted by molar-refractivity contribution is -0.174. The van der Waals surface area contributed by atoms with Crippen molar-refractivity contribution >= 4 is 16.8 Å². The van der Waals surface area contributed by atoms with Crippen molar-refractivity contribution in [3.63, 3.8) is 0 Å². The maximum absolute atomic E-state index is 13.3. The quantitative estimate of drug-likeness (QED) is 0.373. The summed E-state index contributed by atoms with van der Waals surface area (Å²) in [6, 6.07) is 14.7. The molecule has 7 nitrogen and oxygen atoms in total. The van der Waals surface area contributed by atoms with E-state index in [1.165, 1.54) is 19.1 Å². The van der Waals surface area contributed by atoms with Gasteiger partial charge >= 0.3 is 12.1 Å². The van der Waals surface area contributed by atoms with E-state index in [0.717, 1.165) is 0 Å². The highest BCUT2D eigenvalue weighted by atomic mass is 19.4. The van der Waals surface area contributed by atoms with E-state index in [9.17, 15) is 22.4 Å². The highest BCUT2D eigenvalue weighted by Crippen LogP contribution is 2.37. The number of nitrogens with one attached hydrogen (secondary N) is 1. The van der Waals surface area contributed by atoms with E-state index in [0.29, 0.717) is 39.4 Å². The second-order valence-electron chi connectivity index (χ2n) is 8.16. The van der Waals surface area contributed by atoms with Crippen LogP contribution in [0, 0.1) is 5.82 Å². The molecule has 2 heterocycles. The molecular weight excluding hydrogens is 482 g/mol. The number of hydrogen-bond donors (Lipinski definition) is 1. The number of rotatable bonds is 6. The number of alkyl halides is 3. The van der Waals surface area contributed by atoms with Crippen LogP contribution in [0.5, 0.6) is 17.2 Å². The molecule has 0 aliphatic carbocycles. The Morgan fingerprint density at radius 2 is 1.81 bits per heavy atom. The van der Waals surface area contributed by atoms with E-state index < -0.39 is 24.2 Å². The average Bonchev–Trinajstić information content (AvgIpc) is 3.48. The van der Waals surface area contributed by atoms with Crippen LogP contribution in [-0.4, -0.2) is 34.7 Å². The van der Waals surface area contributed by atoms with E-state index in [1.807, 2.05) is 5.32 Å². The summed E-state index contributed by atoms with van der Waals surface area (Å²) >= 11 is 0. The van der Waals surface area contributed by atoms with E-state index in [2.05, 4.69) is 5.10 Å². The van der Waals surface area contributed by atoms with Gasteiger partial charge in [0, 0.05) is 5.39 Å². The van der Waals surface area contributed by atoms with Gasteiger partial charge in [-0.3, -0.25) is 4.79 Å². The fourth-order valence-corrected chi connectivity index (χ4v) is 3.93. The van der Waals surface area contributed by atoms with Gasteiger partial charge in [0.2, 0.25) is 6.79 Å². The highest BCUT2D eigenvalue weighted by molar-refractivity contribution is 5.82. The molecule has 1 N–H and O–H groups in total. The maximum atomic E-state index is 13.3. The first kappa shape index (κ1) is 23.5. The molecule has 4 aromatic rings. The Hall–Kier alpha value is -4.28. The molecule has 1 aliphatic rings. The Bertz CT molecular complexity index is 1420. The van der Waals surface area contributed by atoms with Crippen LogP contribution in [0.3, 0.4) is 0 Å². The van der Waals surface area contributed by atoms with Gasteiger partial charge in [0.1, 0.15) is 17.7 Å². The van der Waals surface area contributed by atoms with Gasteiger partial charge in [-0.05, 0) is 67.1 Å². The SMILES string of the molecule is C[C@H](NC(=O)C(F)(F)F)[C@H](Oc1ccc2c(cnn2-c2ccc(F)cc2)c1)c1ccc2c(c1)OCO2. The van der Waals surface area contributed by atoms with Crippen molar-refractivity contribution in [3.8, 4) is 22.9 Å². The van der Waals surface area contributed by atoms with Gasteiger partial charge in [-0.15, -0.1) is 0 Å². The smallest absolute Gasteiger partial charge is 0.471 e. The first-order chi connectivity index (χ1) is 17.2. The summed E-state index contributed by atoms with van der Waals surface area (Å²) in [6.45, 7) is 1.45. The first-order valence-electron chi connectivity index (χ1n) is 10.9. The number of hydrogen-bond acceptors (Lipinski definition) is 5. The molecule has 0 fully saturated rings. The van der Waals surface area contributed by atoms with E-state index >= 15 is 0 Å².